The summed E-state index contributed by atoms with van der Waals surface area (Å²) in [5.74, 6) is -0.406. The second kappa shape index (κ2) is 5.62. The van der Waals surface area contributed by atoms with E-state index in [1.54, 1.807) is 7.05 Å². The van der Waals surface area contributed by atoms with Crippen LogP contribution < -0.4 is 5.32 Å². The van der Waals surface area contributed by atoms with Gasteiger partial charge in [-0.2, -0.15) is 0 Å². The van der Waals surface area contributed by atoms with E-state index in [9.17, 15) is 9.90 Å². The molecular weight excluding hydrogens is 256 g/mol. The highest BCUT2D eigenvalue weighted by Crippen LogP contribution is 2.41. The minimum absolute atomic E-state index is 0.287. The van der Waals surface area contributed by atoms with Crippen LogP contribution in [-0.2, 0) is 9.53 Å². The van der Waals surface area contributed by atoms with E-state index in [0.29, 0.717) is 18.7 Å². The maximum Gasteiger partial charge on any atom is 0.325 e. The SMILES string of the molecule is CNC(CN1CCOC2CCCCC21)(C(=O)O)C1CC1. The summed E-state index contributed by atoms with van der Waals surface area (Å²) >= 11 is 0. The lowest BCUT2D eigenvalue weighted by atomic mass is 9.87. The first-order valence-corrected chi connectivity index (χ1v) is 7.95. The smallest absolute Gasteiger partial charge is 0.325 e. The molecule has 5 nitrogen and oxygen atoms in total. The van der Waals surface area contributed by atoms with E-state index in [-0.39, 0.29) is 5.92 Å². The van der Waals surface area contributed by atoms with Crippen molar-refractivity contribution in [2.24, 2.45) is 5.92 Å². The lowest BCUT2D eigenvalue weighted by Gasteiger charge is -2.47. The highest BCUT2D eigenvalue weighted by Gasteiger charge is 2.52. The van der Waals surface area contributed by atoms with Crippen molar-refractivity contribution < 1.29 is 14.6 Å². The number of hydrogen-bond donors (Lipinski definition) is 2. The van der Waals surface area contributed by atoms with Crippen LogP contribution in [0.25, 0.3) is 0 Å². The number of nitrogens with zero attached hydrogens (tertiary/aromatic N) is 1. The summed E-state index contributed by atoms with van der Waals surface area (Å²) in [5, 5.41) is 12.9. The topological polar surface area (TPSA) is 61.8 Å². The molecule has 20 heavy (non-hydrogen) atoms. The van der Waals surface area contributed by atoms with Gasteiger partial charge in [-0.05, 0) is 38.6 Å². The van der Waals surface area contributed by atoms with Crippen LogP contribution in [0.5, 0.6) is 0 Å². The molecule has 0 aromatic carbocycles. The van der Waals surface area contributed by atoms with Crippen LogP contribution >= 0.6 is 0 Å². The second-order valence-electron chi connectivity index (χ2n) is 6.53. The average Bonchev–Trinajstić information content (AvgIpc) is 3.29. The number of carboxylic acid groups (broad SMARTS) is 1. The van der Waals surface area contributed by atoms with Crippen LogP contribution in [-0.4, -0.2) is 60.4 Å². The van der Waals surface area contributed by atoms with E-state index >= 15 is 0 Å². The zero-order chi connectivity index (χ0) is 14.2. The molecule has 0 amide bonds. The van der Waals surface area contributed by atoms with Crippen molar-refractivity contribution in [1.29, 1.82) is 0 Å². The van der Waals surface area contributed by atoms with E-state index in [4.69, 9.17) is 4.74 Å². The van der Waals surface area contributed by atoms with Crippen molar-refractivity contribution in [3.05, 3.63) is 0 Å². The van der Waals surface area contributed by atoms with E-state index < -0.39 is 11.5 Å². The van der Waals surface area contributed by atoms with Gasteiger partial charge in [0, 0.05) is 19.1 Å². The van der Waals surface area contributed by atoms with Gasteiger partial charge in [-0.3, -0.25) is 9.69 Å². The van der Waals surface area contributed by atoms with Crippen molar-refractivity contribution in [2.45, 2.75) is 56.2 Å². The van der Waals surface area contributed by atoms with Crippen LogP contribution in [0.3, 0.4) is 0 Å². The van der Waals surface area contributed by atoms with Gasteiger partial charge in [0.25, 0.3) is 0 Å². The molecule has 3 rings (SSSR count). The lowest BCUT2D eigenvalue weighted by molar-refractivity contribution is -0.150. The molecule has 5 heteroatoms. The Bertz CT molecular complexity index is 370. The minimum Gasteiger partial charge on any atom is -0.480 e. The van der Waals surface area contributed by atoms with E-state index in [1.165, 1.54) is 12.8 Å². The number of nitrogens with one attached hydrogen (secondary N) is 1. The van der Waals surface area contributed by atoms with Gasteiger partial charge in [0.2, 0.25) is 0 Å². The number of carboxylic acids is 1. The van der Waals surface area contributed by atoms with Gasteiger partial charge in [0.1, 0.15) is 5.54 Å². The molecule has 0 aromatic heterocycles. The molecule has 2 saturated carbocycles. The van der Waals surface area contributed by atoms with E-state index in [0.717, 1.165) is 38.8 Å². The van der Waals surface area contributed by atoms with Gasteiger partial charge in [-0.1, -0.05) is 12.8 Å². The molecule has 2 N–H and O–H groups in total. The standard InChI is InChI=1S/C15H26N2O3/c1-16-15(14(18)19,11-6-7-11)10-17-8-9-20-13-5-3-2-4-12(13)17/h11-13,16H,2-10H2,1H3,(H,18,19). The van der Waals surface area contributed by atoms with Gasteiger partial charge < -0.3 is 15.2 Å². The zero-order valence-electron chi connectivity index (χ0n) is 12.3. The molecule has 1 heterocycles. The summed E-state index contributed by atoms with van der Waals surface area (Å²) in [4.78, 5) is 14.2. The summed E-state index contributed by atoms with van der Waals surface area (Å²) in [5.41, 5.74) is -0.765. The number of morpholine rings is 1. The molecule has 3 aliphatic rings. The molecule has 3 fully saturated rings. The quantitative estimate of drug-likeness (QED) is 0.790. The molecule has 3 unspecified atom stereocenters. The molecule has 0 spiro atoms. The number of aliphatic carboxylic acids is 1. The number of ether oxygens (including phenoxy) is 1. The van der Waals surface area contributed by atoms with Gasteiger partial charge in [-0.15, -0.1) is 0 Å². The molecule has 3 atom stereocenters. The van der Waals surface area contributed by atoms with Crippen molar-refractivity contribution in [3.8, 4) is 0 Å². The third kappa shape index (κ3) is 2.47. The Hall–Kier alpha value is -0.650. The summed E-state index contributed by atoms with van der Waals surface area (Å²) in [7, 11) is 1.80. The highest BCUT2D eigenvalue weighted by molar-refractivity contribution is 5.80. The number of carbonyl (C=O) groups is 1. The fourth-order valence-corrected chi connectivity index (χ4v) is 4.03. The fourth-order valence-electron chi connectivity index (χ4n) is 4.03. The molecule has 114 valence electrons. The number of likely N-dealkylation sites (N-methyl/N-ethyl adjacent to an activating group) is 1. The molecule has 1 aliphatic heterocycles. The monoisotopic (exact) mass is 282 g/mol. The van der Waals surface area contributed by atoms with Crippen LogP contribution in [0.15, 0.2) is 0 Å². The van der Waals surface area contributed by atoms with Gasteiger partial charge >= 0.3 is 5.97 Å². The summed E-state index contributed by atoms with van der Waals surface area (Å²) in [6.07, 6.45) is 7.15. The predicted molar refractivity (Wildman–Crippen MR) is 75.7 cm³/mol. The first kappa shape index (κ1) is 14.3. The van der Waals surface area contributed by atoms with Crippen LogP contribution in [0.1, 0.15) is 38.5 Å². The van der Waals surface area contributed by atoms with Gasteiger partial charge in [0.15, 0.2) is 0 Å². The first-order chi connectivity index (χ1) is 9.67. The van der Waals surface area contributed by atoms with Crippen LogP contribution in [0.4, 0.5) is 0 Å². The Kier molecular flexibility index (Phi) is 4.02. The number of fused-ring (bicyclic) bond motifs is 1. The largest absolute Gasteiger partial charge is 0.480 e. The maximum absolute atomic E-state index is 11.8. The Balaban J connectivity index is 1.75. The van der Waals surface area contributed by atoms with Gasteiger partial charge in [0.05, 0.1) is 12.7 Å². The summed E-state index contributed by atoms with van der Waals surface area (Å²) in [6.45, 7) is 2.23. The fraction of sp³-hybridized carbons (Fsp3) is 0.933. The Morgan fingerprint density at radius 1 is 1.35 bits per heavy atom. The Morgan fingerprint density at radius 3 is 2.75 bits per heavy atom. The molecule has 1 saturated heterocycles. The molecule has 2 aliphatic carbocycles. The molecule has 0 aromatic rings. The van der Waals surface area contributed by atoms with Crippen molar-refractivity contribution >= 4 is 5.97 Å². The van der Waals surface area contributed by atoms with E-state index in [2.05, 4.69) is 10.2 Å². The van der Waals surface area contributed by atoms with Crippen LogP contribution in [0.2, 0.25) is 0 Å². The molecule has 0 radical (unpaired) electrons. The average molecular weight is 282 g/mol. The predicted octanol–water partition coefficient (Wildman–Crippen LogP) is 1.08. The minimum atomic E-state index is -0.765. The zero-order valence-corrected chi connectivity index (χ0v) is 12.3. The third-order valence-electron chi connectivity index (χ3n) is 5.40. The summed E-state index contributed by atoms with van der Waals surface area (Å²) < 4.78 is 5.89. The summed E-state index contributed by atoms with van der Waals surface area (Å²) in [6, 6.07) is 0.420. The van der Waals surface area contributed by atoms with Crippen LogP contribution in [0, 0.1) is 5.92 Å². The van der Waals surface area contributed by atoms with Crippen molar-refractivity contribution in [3.63, 3.8) is 0 Å². The lowest BCUT2D eigenvalue weighted by Crippen LogP contribution is -2.64. The van der Waals surface area contributed by atoms with Crippen molar-refractivity contribution in [2.75, 3.05) is 26.7 Å². The third-order valence-corrected chi connectivity index (χ3v) is 5.40. The number of rotatable bonds is 5. The highest BCUT2D eigenvalue weighted by atomic mass is 16.5. The Labute approximate surface area is 120 Å². The van der Waals surface area contributed by atoms with Crippen molar-refractivity contribution in [1.82, 2.24) is 10.2 Å². The van der Waals surface area contributed by atoms with Gasteiger partial charge in [-0.25, -0.2) is 0 Å². The van der Waals surface area contributed by atoms with E-state index in [1.807, 2.05) is 0 Å². The first-order valence-electron chi connectivity index (χ1n) is 7.95. The normalized spacial score (nSPS) is 34.2. The maximum atomic E-state index is 11.8. The molecule has 0 bridgehead atoms. The second-order valence-corrected chi connectivity index (χ2v) is 6.53. The molecular formula is C15H26N2O3. The Morgan fingerprint density at radius 2 is 2.10 bits per heavy atom. The number of hydrogen-bond acceptors (Lipinski definition) is 4.